The van der Waals surface area contributed by atoms with Gasteiger partial charge in [-0.2, -0.15) is 0 Å². The molecule has 0 aliphatic heterocycles. The highest BCUT2D eigenvalue weighted by Crippen LogP contribution is 2.11. The molecule has 16 heavy (non-hydrogen) atoms. The Morgan fingerprint density at radius 3 is 2.94 bits per heavy atom. The first-order chi connectivity index (χ1) is 7.70. The van der Waals surface area contributed by atoms with Crippen LogP contribution in [0.1, 0.15) is 11.9 Å². The van der Waals surface area contributed by atoms with Crippen molar-refractivity contribution in [1.29, 1.82) is 0 Å². The van der Waals surface area contributed by atoms with Crippen molar-refractivity contribution in [1.82, 2.24) is 5.32 Å². The minimum absolute atomic E-state index is 0.190. The molecule has 0 aliphatic carbocycles. The molecule has 0 aromatic carbocycles. The van der Waals surface area contributed by atoms with Crippen LogP contribution in [0.5, 0.6) is 0 Å². The molecule has 6 heteroatoms. The second-order valence-corrected chi connectivity index (χ2v) is 3.20. The van der Waals surface area contributed by atoms with Gasteiger partial charge in [0.25, 0.3) is 6.43 Å². The highest BCUT2D eigenvalue weighted by Gasteiger charge is 2.09. The fourth-order valence-electron chi connectivity index (χ4n) is 1.14. The summed E-state index contributed by atoms with van der Waals surface area (Å²) in [5.41, 5.74) is 0. The monoisotopic (exact) mass is 235 g/mol. The van der Waals surface area contributed by atoms with Crippen molar-refractivity contribution in [2.75, 3.05) is 26.3 Å². The van der Waals surface area contributed by atoms with Gasteiger partial charge in [-0.25, -0.2) is 8.78 Å². The lowest BCUT2D eigenvalue weighted by atomic mass is 10.3. The Morgan fingerprint density at radius 1 is 1.50 bits per heavy atom. The van der Waals surface area contributed by atoms with Crippen LogP contribution < -0.4 is 5.32 Å². The number of alkyl halides is 2. The zero-order valence-electron chi connectivity index (χ0n) is 8.73. The molecule has 1 aromatic rings. The zero-order valence-corrected chi connectivity index (χ0v) is 8.73. The summed E-state index contributed by atoms with van der Waals surface area (Å²) >= 11 is 0. The quantitative estimate of drug-likeness (QED) is 0.664. The number of rotatable bonds is 8. The van der Waals surface area contributed by atoms with E-state index in [0.29, 0.717) is 18.8 Å². The largest absolute Gasteiger partial charge is 0.467 e. The summed E-state index contributed by atoms with van der Waals surface area (Å²) in [5, 5.41) is 12.4. The number of aliphatic hydroxyl groups excluding tert-OH is 1. The van der Waals surface area contributed by atoms with Crippen LogP contribution in [0.25, 0.3) is 0 Å². The van der Waals surface area contributed by atoms with Crippen LogP contribution in [0.2, 0.25) is 0 Å². The minimum atomic E-state index is -2.44. The van der Waals surface area contributed by atoms with Crippen LogP contribution in [-0.2, 0) is 4.74 Å². The molecule has 1 rings (SSSR count). The Balaban J connectivity index is 1.99. The van der Waals surface area contributed by atoms with Gasteiger partial charge in [-0.3, -0.25) is 0 Å². The Morgan fingerprint density at radius 2 is 2.31 bits per heavy atom. The van der Waals surface area contributed by atoms with Crippen LogP contribution in [-0.4, -0.2) is 37.8 Å². The summed E-state index contributed by atoms with van der Waals surface area (Å²) in [6.07, 6.45) is -1.69. The van der Waals surface area contributed by atoms with E-state index >= 15 is 0 Å². The third-order valence-corrected chi connectivity index (χ3v) is 1.88. The second-order valence-electron chi connectivity index (χ2n) is 3.20. The molecule has 1 unspecified atom stereocenters. The maximum atomic E-state index is 11.7. The molecule has 0 bridgehead atoms. The summed E-state index contributed by atoms with van der Waals surface area (Å²) in [5.74, 6) is 0.473. The number of aliphatic hydroxyl groups is 1. The number of hydrogen-bond acceptors (Lipinski definition) is 4. The van der Waals surface area contributed by atoms with Crippen molar-refractivity contribution in [2.24, 2.45) is 0 Å². The maximum absolute atomic E-state index is 11.7. The van der Waals surface area contributed by atoms with Gasteiger partial charge in [0.15, 0.2) is 0 Å². The van der Waals surface area contributed by atoms with Gasteiger partial charge < -0.3 is 19.6 Å². The Hall–Kier alpha value is -0.980. The topological polar surface area (TPSA) is 54.6 Å². The first-order valence-corrected chi connectivity index (χ1v) is 4.98. The van der Waals surface area contributed by atoms with Crippen LogP contribution in [0.4, 0.5) is 8.78 Å². The van der Waals surface area contributed by atoms with E-state index < -0.39 is 19.1 Å². The Kier molecular flexibility index (Phi) is 5.99. The van der Waals surface area contributed by atoms with E-state index in [1.54, 1.807) is 12.1 Å². The molecule has 0 radical (unpaired) electrons. The summed E-state index contributed by atoms with van der Waals surface area (Å²) in [4.78, 5) is 0. The van der Waals surface area contributed by atoms with Gasteiger partial charge in [0.1, 0.15) is 18.5 Å². The van der Waals surface area contributed by atoms with Crippen molar-refractivity contribution >= 4 is 0 Å². The third kappa shape index (κ3) is 5.20. The Labute approximate surface area is 92.2 Å². The standard InChI is InChI=1S/C10H15F2NO3/c11-10(12)7-15-5-3-13-6-8(14)9-2-1-4-16-9/h1-2,4,8,10,13-14H,3,5-7H2. The average Bonchev–Trinajstić information content (AvgIpc) is 2.75. The van der Waals surface area contributed by atoms with Crippen LogP contribution in [0.15, 0.2) is 22.8 Å². The molecule has 1 atom stereocenters. The van der Waals surface area contributed by atoms with Gasteiger partial charge in [-0.15, -0.1) is 0 Å². The maximum Gasteiger partial charge on any atom is 0.261 e. The van der Waals surface area contributed by atoms with E-state index in [0.717, 1.165) is 0 Å². The lowest BCUT2D eigenvalue weighted by Crippen LogP contribution is -2.25. The molecule has 0 saturated heterocycles. The van der Waals surface area contributed by atoms with Crippen LogP contribution in [0.3, 0.4) is 0 Å². The van der Waals surface area contributed by atoms with E-state index in [2.05, 4.69) is 10.1 Å². The van der Waals surface area contributed by atoms with Gasteiger partial charge in [-0.1, -0.05) is 0 Å². The molecule has 0 aliphatic rings. The van der Waals surface area contributed by atoms with E-state index in [-0.39, 0.29) is 6.61 Å². The molecule has 1 heterocycles. The van der Waals surface area contributed by atoms with E-state index in [1.807, 2.05) is 0 Å². The lowest BCUT2D eigenvalue weighted by Gasteiger charge is -2.09. The highest BCUT2D eigenvalue weighted by molar-refractivity contribution is 5.01. The molecule has 2 N–H and O–H groups in total. The van der Waals surface area contributed by atoms with Crippen molar-refractivity contribution in [2.45, 2.75) is 12.5 Å². The third-order valence-electron chi connectivity index (χ3n) is 1.88. The van der Waals surface area contributed by atoms with Crippen molar-refractivity contribution in [3.05, 3.63) is 24.2 Å². The minimum Gasteiger partial charge on any atom is -0.467 e. The van der Waals surface area contributed by atoms with Gasteiger partial charge >= 0.3 is 0 Å². The summed E-state index contributed by atoms with van der Waals surface area (Å²) in [6.45, 7) is 0.341. The van der Waals surface area contributed by atoms with Crippen LogP contribution >= 0.6 is 0 Å². The summed E-state index contributed by atoms with van der Waals surface area (Å²) in [6, 6.07) is 3.35. The van der Waals surface area contributed by atoms with Crippen LogP contribution in [0, 0.1) is 0 Å². The predicted octanol–water partition coefficient (Wildman–Crippen LogP) is 1.18. The molecule has 0 amide bonds. The predicted molar refractivity (Wildman–Crippen MR) is 53.4 cm³/mol. The first kappa shape index (κ1) is 13.1. The average molecular weight is 235 g/mol. The summed E-state index contributed by atoms with van der Waals surface area (Å²) < 4.78 is 33.0. The number of furan rings is 1. The zero-order chi connectivity index (χ0) is 11.8. The number of halogens is 2. The molecule has 0 spiro atoms. The molecular weight excluding hydrogens is 220 g/mol. The van der Waals surface area contributed by atoms with Gasteiger partial charge in [-0.05, 0) is 12.1 Å². The van der Waals surface area contributed by atoms with Gasteiger partial charge in [0, 0.05) is 13.1 Å². The number of hydrogen-bond donors (Lipinski definition) is 2. The molecule has 1 aromatic heterocycles. The van der Waals surface area contributed by atoms with Gasteiger partial charge in [0.2, 0.25) is 0 Å². The van der Waals surface area contributed by atoms with Crippen molar-refractivity contribution in [3.63, 3.8) is 0 Å². The smallest absolute Gasteiger partial charge is 0.261 e. The van der Waals surface area contributed by atoms with E-state index in [4.69, 9.17) is 4.42 Å². The Bertz CT molecular complexity index is 267. The van der Waals surface area contributed by atoms with Crippen molar-refractivity contribution in [3.8, 4) is 0 Å². The molecule has 0 fully saturated rings. The fourth-order valence-corrected chi connectivity index (χ4v) is 1.14. The first-order valence-electron chi connectivity index (χ1n) is 4.98. The fraction of sp³-hybridized carbons (Fsp3) is 0.600. The normalized spacial score (nSPS) is 13.2. The molecule has 0 saturated carbocycles. The van der Waals surface area contributed by atoms with E-state index in [9.17, 15) is 13.9 Å². The second kappa shape index (κ2) is 7.32. The number of nitrogens with one attached hydrogen (secondary N) is 1. The van der Waals surface area contributed by atoms with Gasteiger partial charge in [0.05, 0.1) is 12.9 Å². The number of ether oxygens (including phenoxy) is 1. The molecular formula is C10H15F2NO3. The SMILES string of the molecule is OC(CNCCOCC(F)F)c1ccco1. The molecule has 4 nitrogen and oxygen atoms in total. The highest BCUT2D eigenvalue weighted by atomic mass is 19.3. The lowest BCUT2D eigenvalue weighted by molar-refractivity contribution is 0.0179. The van der Waals surface area contributed by atoms with Crippen molar-refractivity contribution < 1.29 is 23.0 Å². The summed E-state index contributed by atoms with van der Waals surface area (Å²) in [7, 11) is 0. The van der Waals surface area contributed by atoms with E-state index in [1.165, 1.54) is 6.26 Å². The molecule has 92 valence electrons.